The number of anilines is 1. The predicted octanol–water partition coefficient (Wildman–Crippen LogP) is 0.708. The van der Waals surface area contributed by atoms with Crippen molar-refractivity contribution >= 4 is 23.2 Å². The Morgan fingerprint density at radius 2 is 2.33 bits per heavy atom. The van der Waals surface area contributed by atoms with Gasteiger partial charge in [-0.15, -0.1) is 0 Å². The van der Waals surface area contributed by atoms with Crippen LogP contribution in [0.25, 0.3) is 0 Å². The number of hydrogen-bond donors (Lipinski definition) is 2. The molecule has 0 radical (unpaired) electrons. The number of nitrogens with one attached hydrogen (secondary N) is 1. The Hall–Kier alpha value is -1.37. The Balaban J connectivity index is 2.62. The van der Waals surface area contributed by atoms with Crippen molar-refractivity contribution < 1.29 is 14.3 Å². The molecule has 7 heteroatoms. The Labute approximate surface area is 110 Å². The lowest BCUT2D eigenvalue weighted by atomic mass is 10.2. The second-order valence-electron chi connectivity index (χ2n) is 3.63. The number of amides is 1. The Morgan fingerprint density at radius 1 is 1.61 bits per heavy atom. The molecule has 1 aromatic rings. The fraction of sp³-hybridized carbons (Fsp3) is 0.455. The first-order valence-electron chi connectivity index (χ1n) is 5.29. The van der Waals surface area contributed by atoms with Gasteiger partial charge in [-0.25, -0.2) is 4.98 Å². The molecule has 0 saturated heterocycles. The monoisotopic (exact) mass is 273 g/mol. The zero-order valence-corrected chi connectivity index (χ0v) is 11.0. The number of nitrogen functional groups attached to an aromatic ring is 1. The number of ether oxygens (including phenoxy) is 2. The van der Waals surface area contributed by atoms with Crippen LogP contribution in [0.15, 0.2) is 12.3 Å². The van der Waals surface area contributed by atoms with Crippen LogP contribution in [-0.4, -0.2) is 44.4 Å². The highest BCUT2D eigenvalue weighted by atomic mass is 35.5. The minimum atomic E-state index is -0.349. The van der Waals surface area contributed by atoms with Gasteiger partial charge in [0.15, 0.2) is 0 Å². The lowest BCUT2D eigenvalue weighted by Crippen LogP contribution is -2.35. The number of carbonyl (C=O) groups excluding carboxylic acids is 1. The SMILES string of the molecule is COCC(CNC(=O)c1cc(N)cnc1Cl)OC. The van der Waals surface area contributed by atoms with Gasteiger partial charge in [-0.1, -0.05) is 11.6 Å². The predicted molar refractivity (Wildman–Crippen MR) is 68.7 cm³/mol. The fourth-order valence-corrected chi connectivity index (χ4v) is 1.51. The molecule has 0 bridgehead atoms. The highest BCUT2D eigenvalue weighted by Crippen LogP contribution is 2.15. The van der Waals surface area contributed by atoms with Crippen molar-refractivity contribution in [3.8, 4) is 0 Å². The Morgan fingerprint density at radius 3 is 2.94 bits per heavy atom. The maximum absolute atomic E-state index is 11.9. The maximum Gasteiger partial charge on any atom is 0.254 e. The summed E-state index contributed by atoms with van der Waals surface area (Å²) in [7, 11) is 3.11. The number of carbonyl (C=O) groups is 1. The number of nitrogens with two attached hydrogens (primary N) is 1. The molecule has 1 heterocycles. The van der Waals surface area contributed by atoms with E-state index in [4.69, 9.17) is 26.8 Å². The maximum atomic E-state index is 11.9. The molecule has 0 fully saturated rings. The number of rotatable bonds is 6. The van der Waals surface area contributed by atoms with E-state index < -0.39 is 0 Å². The molecule has 0 aliphatic heterocycles. The third-order valence-corrected chi connectivity index (χ3v) is 2.58. The van der Waals surface area contributed by atoms with Crippen LogP contribution in [0.4, 0.5) is 5.69 Å². The molecule has 1 amide bonds. The molecule has 1 unspecified atom stereocenters. The van der Waals surface area contributed by atoms with E-state index in [1.165, 1.54) is 12.3 Å². The van der Waals surface area contributed by atoms with Gasteiger partial charge >= 0.3 is 0 Å². The number of nitrogens with zero attached hydrogens (tertiary/aromatic N) is 1. The first kappa shape index (κ1) is 14.7. The van der Waals surface area contributed by atoms with E-state index in [-0.39, 0.29) is 22.7 Å². The van der Waals surface area contributed by atoms with Crippen LogP contribution in [0.2, 0.25) is 5.15 Å². The van der Waals surface area contributed by atoms with Gasteiger partial charge in [-0.3, -0.25) is 4.79 Å². The van der Waals surface area contributed by atoms with Crippen molar-refractivity contribution in [2.45, 2.75) is 6.10 Å². The van der Waals surface area contributed by atoms with Gasteiger partial charge in [0.25, 0.3) is 5.91 Å². The highest BCUT2D eigenvalue weighted by molar-refractivity contribution is 6.32. The summed E-state index contributed by atoms with van der Waals surface area (Å²) in [5.41, 5.74) is 6.17. The van der Waals surface area contributed by atoms with Crippen molar-refractivity contribution in [2.24, 2.45) is 0 Å². The zero-order chi connectivity index (χ0) is 13.5. The first-order valence-corrected chi connectivity index (χ1v) is 5.67. The number of hydrogen-bond acceptors (Lipinski definition) is 5. The normalized spacial score (nSPS) is 12.2. The lowest BCUT2D eigenvalue weighted by Gasteiger charge is -2.15. The number of halogens is 1. The Bertz CT molecular complexity index is 415. The van der Waals surface area contributed by atoms with Gasteiger partial charge in [-0.05, 0) is 6.07 Å². The summed E-state index contributed by atoms with van der Waals surface area (Å²) < 4.78 is 10.1. The van der Waals surface area contributed by atoms with E-state index in [2.05, 4.69) is 10.3 Å². The van der Waals surface area contributed by atoms with E-state index in [1.807, 2.05) is 0 Å². The van der Waals surface area contributed by atoms with E-state index in [0.29, 0.717) is 18.8 Å². The van der Waals surface area contributed by atoms with Crippen LogP contribution in [0, 0.1) is 0 Å². The van der Waals surface area contributed by atoms with E-state index in [0.717, 1.165) is 0 Å². The average molecular weight is 274 g/mol. The topological polar surface area (TPSA) is 86.5 Å². The molecule has 1 aromatic heterocycles. The van der Waals surface area contributed by atoms with E-state index in [9.17, 15) is 4.79 Å². The summed E-state index contributed by atoms with van der Waals surface area (Å²) in [6.45, 7) is 0.702. The summed E-state index contributed by atoms with van der Waals surface area (Å²) in [5, 5.41) is 2.79. The largest absolute Gasteiger partial charge is 0.397 e. The van der Waals surface area contributed by atoms with E-state index in [1.54, 1.807) is 14.2 Å². The standard InChI is InChI=1S/C11H16ClN3O3/c1-17-6-8(18-2)5-15-11(16)9-3-7(13)4-14-10(9)12/h3-4,8H,5-6,13H2,1-2H3,(H,15,16). The average Bonchev–Trinajstić information content (AvgIpc) is 2.37. The Kier molecular flexibility index (Phi) is 5.84. The molecule has 0 spiro atoms. The fourth-order valence-electron chi connectivity index (χ4n) is 1.32. The summed E-state index contributed by atoms with van der Waals surface area (Å²) in [6.07, 6.45) is 1.17. The van der Waals surface area contributed by atoms with Crippen LogP contribution >= 0.6 is 11.6 Å². The molecule has 0 aliphatic rings. The first-order chi connectivity index (χ1) is 8.58. The van der Waals surface area contributed by atoms with Crippen molar-refractivity contribution in [3.63, 3.8) is 0 Å². The second kappa shape index (κ2) is 7.15. The molecular weight excluding hydrogens is 258 g/mol. The molecule has 0 aliphatic carbocycles. The smallest absolute Gasteiger partial charge is 0.254 e. The van der Waals surface area contributed by atoms with Crippen molar-refractivity contribution in [3.05, 3.63) is 23.0 Å². The van der Waals surface area contributed by atoms with Gasteiger partial charge in [0, 0.05) is 20.8 Å². The summed E-state index contributed by atoms with van der Waals surface area (Å²) in [4.78, 5) is 15.7. The summed E-state index contributed by atoms with van der Waals surface area (Å²) in [6, 6.07) is 1.47. The molecule has 0 aromatic carbocycles. The second-order valence-corrected chi connectivity index (χ2v) is 3.99. The third kappa shape index (κ3) is 4.14. The minimum Gasteiger partial charge on any atom is -0.397 e. The van der Waals surface area contributed by atoms with Crippen molar-refractivity contribution in [2.75, 3.05) is 33.1 Å². The number of pyridine rings is 1. The molecule has 18 heavy (non-hydrogen) atoms. The number of aromatic nitrogens is 1. The number of methoxy groups -OCH3 is 2. The molecule has 100 valence electrons. The van der Waals surface area contributed by atoms with Gasteiger partial charge in [0.1, 0.15) is 5.15 Å². The molecule has 6 nitrogen and oxygen atoms in total. The van der Waals surface area contributed by atoms with Crippen LogP contribution in [0.5, 0.6) is 0 Å². The van der Waals surface area contributed by atoms with Gasteiger partial charge in [0.05, 0.1) is 30.2 Å². The van der Waals surface area contributed by atoms with Crippen LogP contribution in [0.3, 0.4) is 0 Å². The van der Waals surface area contributed by atoms with Crippen molar-refractivity contribution in [1.82, 2.24) is 10.3 Å². The van der Waals surface area contributed by atoms with Gasteiger partial charge < -0.3 is 20.5 Å². The van der Waals surface area contributed by atoms with Gasteiger partial charge in [-0.2, -0.15) is 0 Å². The molecular formula is C11H16ClN3O3. The van der Waals surface area contributed by atoms with Crippen LogP contribution in [0.1, 0.15) is 10.4 Å². The minimum absolute atomic E-state index is 0.113. The summed E-state index contributed by atoms with van der Waals surface area (Å²) in [5.74, 6) is -0.349. The van der Waals surface area contributed by atoms with Crippen LogP contribution < -0.4 is 11.1 Å². The molecule has 3 N–H and O–H groups in total. The third-order valence-electron chi connectivity index (χ3n) is 2.28. The molecule has 1 atom stereocenters. The highest BCUT2D eigenvalue weighted by Gasteiger charge is 2.14. The quantitative estimate of drug-likeness (QED) is 0.746. The van der Waals surface area contributed by atoms with E-state index >= 15 is 0 Å². The zero-order valence-electron chi connectivity index (χ0n) is 10.3. The lowest BCUT2D eigenvalue weighted by molar-refractivity contribution is 0.0285. The van der Waals surface area contributed by atoms with Crippen LogP contribution in [-0.2, 0) is 9.47 Å². The van der Waals surface area contributed by atoms with Gasteiger partial charge in [0.2, 0.25) is 0 Å². The van der Waals surface area contributed by atoms with Crippen molar-refractivity contribution in [1.29, 1.82) is 0 Å². The molecule has 0 saturated carbocycles. The summed E-state index contributed by atoms with van der Waals surface area (Å²) >= 11 is 5.82. The molecule has 1 rings (SSSR count).